The third kappa shape index (κ3) is 3.51. The lowest BCUT2D eigenvalue weighted by Gasteiger charge is -2.25. The molecule has 0 aliphatic carbocycles. The van der Waals surface area contributed by atoms with Crippen LogP contribution in [0, 0.1) is 11.2 Å². The van der Waals surface area contributed by atoms with E-state index in [1.165, 1.54) is 12.1 Å². The standard InChI is InChI=1S/C13H17ClFNO/c1-13(2,3)12(16)10(17)7-8-5-4-6-9(15)11(8)14/h4-6,12H,7,16H2,1-3H3. The molecule has 1 aromatic carbocycles. The molecular weight excluding hydrogens is 241 g/mol. The van der Waals surface area contributed by atoms with Crippen molar-refractivity contribution in [2.24, 2.45) is 11.1 Å². The van der Waals surface area contributed by atoms with Gasteiger partial charge in [0.1, 0.15) is 5.82 Å². The summed E-state index contributed by atoms with van der Waals surface area (Å²) < 4.78 is 13.2. The summed E-state index contributed by atoms with van der Waals surface area (Å²) in [6.45, 7) is 5.67. The minimum Gasteiger partial charge on any atom is -0.321 e. The highest BCUT2D eigenvalue weighted by molar-refractivity contribution is 6.31. The second-order valence-electron chi connectivity index (χ2n) is 5.20. The fraction of sp³-hybridized carbons (Fsp3) is 0.462. The zero-order chi connectivity index (χ0) is 13.2. The summed E-state index contributed by atoms with van der Waals surface area (Å²) in [4.78, 5) is 11.9. The minimum atomic E-state index is -0.582. The molecule has 1 aromatic rings. The van der Waals surface area contributed by atoms with Gasteiger partial charge in [0.15, 0.2) is 5.78 Å². The molecule has 0 radical (unpaired) electrons. The smallest absolute Gasteiger partial charge is 0.154 e. The lowest BCUT2D eigenvalue weighted by Crippen LogP contribution is -2.43. The lowest BCUT2D eigenvalue weighted by atomic mass is 9.83. The van der Waals surface area contributed by atoms with Gasteiger partial charge in [0.05, 0.1) is 11.1 Å². The average molecular weight is 258 g/mol. The van der Waals surface area contributed by atoms with Crippen LogP contribution in [0.1, 0.15) is 26.3 Å². The molecule has 0 saturated heterocycles. The summed E-state index contributed by atoms with van der Waals surface area (Å²) in [5, 5.41) is 0.00181. The monoisotopic (exact) mass is 257 g/mol. The van der Waals surface area contributed by atoms with E-state index in [1.807, 2.05) is 20.8 Å². The van der Waals surface area contributed by atoms with Gasteiger partial charge < -0.3 is 5.73 Å². The third-order valence-corrected chi connectivity index (χ3v) is 3.10. The minimum absolute atomic E-state index is 0.00181. The maximum atomic E-state index is 13.2. The Balaban J connectivity index is 2.86. The molecule has 1 rings (SSSR count). The molecule has 0 fully saturated rings. The zero-order valence-electron chi connectivity index (χ0n) is 10.3. The zero-order valence-corrected chi connectivity index (χ0v) is 11.0. The highest BCUT2D eigenvalue weighted by Crippen LogP contribution is 2.23. The molecule has 0 aliphatic heterocycles. The van der Waals surface area contributed by atoms with E-state index in [0.29, 0.717) is 5.56 Å². The van der Waals surface area contributed by atoms with Crippen molar-refractivity contribution in [3.8, 4) is 0 Å². The highest BCUT2D eigenvalue weighted by atomic mass is 35.5. The molecule has 1 atom stereocenters. The van der Waals surface area contributed by atoms with Crippen LogP contribution < -0.4 is 5.73 Å². The predicted molar refractivity (Wildman–Crippen MR) is 67.6 cm³/mol. The molecule has 94 valence electrons. The Morgan fingerprint density at radius 2 is 2.06 bits per heavy atom. The van der Waals surface area contributed by atoms with Crippen molar-refractivity contribution in [2.45, 2.75) is 33.2 Å². The molecule has 0 aromatic heterocycles. The van der Waals surface area contributed by atoms with E-state index in [-0.39, 0.29) is 22.6 Å². The number of ketones is 1. The number of halogens is 2. The van der Waals surface area contributed by atoms with Crippen molar-refractivity contribution < 1.29 is 9.18 Å². The van der Waals surface area contributed by atoms with E-state index >= 15 is 0 Å². The van der Waals surface area contributed by atoms with Crippen molar-refractivity contribution in [1.82, 2.24) is 0 Å². The first-order valence-electron chi connectivity index (χ1n) is 5.44. The molecule has 2 nitrogen and oxygen atoms in total. The number of benzene rings is 1. The normalized spacial score (nSPS) is 13.5. The molecule has 0 amide bonds. The summed E-state index contributed by atoms with van der Waals surface area (Å²) in [5.74, 6) is -0.647. The van der Waals surface area contributed by atoms with E-state index in [0.717, 1.165) is 0 Å². The van der Waals surface area contributed by atoms with Gasteiger partial charge in [-0.3, -0.25) is 4.79 Å². The Labute approximate surface area is 106 Å². The summed E-state index contributed by atoms with van der Waals surface area (Å²) in [6, 6.07) is 3.85. The van der Waals surface area contributed by atoms with Crippen molar-refractivity contribution in [3.05, 3.63) is 34.6 Å². The van der Waals surface area contributed by atoms with Crippen molar-refractivity contribution in [1.29, 1.82) is 0 Å². The van der Waals surface area contributed by atoms with Crippen LogP contribution in [0.3, 0.4) is 0 Å². The fourth-order valence-corrected chi connectivity index (χ4v) is 1.66. The third-order valence-electron chi connectivity index (χ3n) is 2.68. The predicted octanol–water partition coefficient (Wildman–Crippen LogP) is 2.96. The van der Waals surface area contributed by atoms with Gasteiger partial charge in [-0.15, -0.1) is 0 Å². The van der Waals surface area contributed by atoms with E-state index in [2.05, 4.69) is 0 Å². The lowest BCUT2D eigenvalue weighted by molar-refractivity contribution is -0.121. The maximum Gasteiger partial charge on any atom is 0.154 e. The number of rotatable bonds is 3. The Morgan fingerprint density at radius 1 is 1.47 bits per heavy atom. The molecule has 17 heavy (non-hydrogen) atoms. The molecule has 0 aliphatic rings. The molecule has 2 N–H and O–H groups in total. The van der Waals surface area contributed by atoms with Crippen LogP contribution in [-0.2, 0) is 11.2 Å². The highest BCUT2D eigenvalue weighted by Gasteiger charge is 2.27. The number of nitrogens with two attached hydrogens (primary N) is 1. The van der Waals surface area contributed by atoms with Crippen LogP contribution in [-0.4, -0.2) is 11.8 Å². The van der Waals surface area contributed by atoms with Crippen LogP contribution in [0.4, 0.5) is 4.39 Å². The average Bonchev–Trinajstić information content (AvgIpc) is 2.22. The number of carbonyl (C=O) groups excluding carboxylic acids is 1. The Bertz CT molecular complexity index is 426. The van der Waals surface area contributed by atoms with E-state index in [9.17, 15) is 9.18 Å². The SMILES string of the molecule is CC(C)(C)C(N)C(=O)Cc1cccc(F)c1Cl. The first kappa shape index (κ1) is 14.1. The van der Waals surface area contributed by atoms with Crippen LogP contribution in [0.15, 0.2) is 18.2 Å². The number of hydrogen-bond donors (Lipinski definition) is 1. The van der Waals surface area contributed by atoms with Gasteiger partial charge in [-0.1, -0.05) is 44.5 Å². The molecule has 0 bridgehead atoms. The number of hydrogen-bond acceptors (Lipinski definition) is 2. The maximum absolute atomic E-state index is 13.2. The summed E-state index contributed by atoms with van der Waals surface area (Å²) in [6.07, 6.45) is 0.0645. The first-order chi connectivity index (χ1) is 7.73. The van der Waals surface area contributed by atoms with Crippen LogP contribution in [0.25, 0.3) is 0 Å². The molecular formula is C13H17ClFNO. The largest absolute Gasteiger partial charge is 0.321 e. The Morgan fingerprint density at radius 3 is 2.59 bits per heavy atom. The van der Waals surface area contributed by atoms with Gasteiger partial charge in [0, 0.05) is 6.42 Å². The summed E-state index contributed by atoms with van der Waals surface area (Å²) in [5.41, 5.74) is 6.02. The fourth-order valence-electron chi connectivity index (χ4n) is 1.47. The molecule has 1 unspecified atom stereocenters. The van der Waals surface area contributed by atoms with Gasteiger partial charge in [-0.2, -0.15) is 0 Å². The second kappa shape index (κ2) is 5.15. The van der Waals surface area contributed by atoms with Gasteiger partial charge in [-0.05, 0) is 17.0 Å². The van der Waals surface area contributed by atoms with Crippen molar-refractivity contribution in [3.63, 3.8) is 0 Å². The van der Waals surface area contributed by atoms with Gasteiger partial charge in [-0.25, -0.2) is 4.39 Å². The van der Waals surface area contributed by atoms with Gasteiger partial charge in [0.2, 0.25) is 0 Å². The molecule has 0 saturated carbocycles. The van der Waals surface area contributed by atoms with E-state index in [1.54, 1.807) is 6.07 Å². The second-order valence-corrected chi connectivity index (χ2v) is 5.58. The van der Waals surface area contributed by atoms with Crippen LogP contribution in [0.2, 0.25) is 5.02 Å². The molecule has 0 heterocycles. The van der Waals surface area contributed by atoms with Crippen LogP contribution >= 0.6 is 11.6 Å². The topological polar surface area (TPSA) is 43.1 Å². The number of Topliss-reactive ketones (excluding diaryl/α,β-unsaturated/α-hetero) is 1. The van der Waals surface area contributed by atoms with Gasteiger partial charge in [0.25, 0.3) is 0 Å². The van der Waals surface area contributed by atoms with E-state index in [4.69, 9.17) is 17.3 Å². The van der Waals surface area contributed by atoms with Crippen molar-refractivity contribution >= 4 is 17.4 Å². The summed E-state index contributed by atoms with van der Waals surface area (Å²) in [7, 11) is 0. The Hall–Kier alpha value is -0.930. The molecule has 0 spiro atoms. The Kier molecular flexibility index (Phi) is 4.28. The molecule has 4 heteroatoms. The quantitative estimate of drug-likeness (QED) is 0.905. The van der Waals surface area contributed by atoms with E-state index < -0.39 is 11.9 Å². The van der Waals surface area contributed by atoms with Gasteiger partial charge >= 0.3 is 0 Å². The van der Waals surface area contributed by atoms with Crippen LogP contribution in [0.5, 0.6) is 0 Å². The first-order valence-corrected chi connectivity index (χ1v) is 5.82. The number of carbonyl (C=O) groups is 1. The summed E-state index contributed by atoms with van der Waals surface area (Å²) >= 11 is 5.79. The van der Waals surface area contributed by atoms with Crippen molar-refractivity contribution in [2.75, 3.05) is 0 Å².